The molecule has 1 aromatic rings. The van der Waals surface area contributed by atoms with Crippen LogP contribution in [0.3, 0.4) is 0 Å². The summed E-state index contributed by atoms with van der Waals surface area (Å²) in [5.41, 5.74) is 7.63. The first-order valence-electron chi connectivity index (χ1n) is 4.60. The molecule has 84 valence electrons. The van der Waals surface area contributed by atoms with Gasteiger partial charge in [0.05, 0.1) is 19.1 Å². The summed E-state index contributed by atoms with van der Waals surface area (Å²) in [6, 6.07) is 5.46. The van der Waals surface area contributed by atoms with Crippen LogP contribution in [-0.2, 0) is 22.5 Å². The summed E-state index contributed by atoms with van der Waals surface area (Å²) in [7, 11) is 1.34. The molecule has 0 unspecified atom stereocenters. The molecule has 0 amide bonds. The summed E-state index contributed by atoms with van der Waals surface area (Å²) in [5, 5.41) is 8.84. The lowest BCUT2D eigenvalue weighted by atomic mass is 10.0. The fraction of sp³-hybridized carbons (Fsp3) is 0.273. The number of hydrogen-bond acceptors (Lipinski definition) is 4. The number of benzene rings is 1. The van der Waals surface area contributed by atoms with Crippen molar-refractivity contribution in [2.45, 2.75) is 13.0 Å². The molecular weight excluding hydrogens is 272 g/mol. The van der Waals surface area contributed by atoms with Gasteiger partial charge >= 0.3 is 5.97 Å². The lowest BCUT2D eigenvalue weighted by Crippen LogP contribution is -2.09. The van der Waals surface area contributed by atoms with Crippen LogP contribution in [-0.4, -0.2) is 13.1 Å². The zero-order valence-corrected chi connectivity index (χ0v) is 10.4. The first kappa shape index (κ1) is 12.7. The van der Waals surface area contributed by atoms with Crippen molar-refractivity contribution in [3.05, 3.63) is 33.3 Å². The van der Waals surface area contributed by atoms with E-state index in [1.807, 2.05) is 6.07 Å². The van der Waals surface area contributed by atoms with Crippen molar-refractivity contribution in [1.29, 1.82) is 5.26 Å². The molecule has 2 N–H and O–H groups in total. The predicted molar refractivity (Wildman–Crippen MR) is 62.5 cm³/mol. The number of esters is 1. The van der Waals surface area contributed by atoms with E-state index in [0.29, 0.717) is 10.0 Å². The Balaban J connectivity index is 3.14. The summed E-state index contributed by atoms with van der Waals surface area (Å²) in [6.45, 7) is 0.286. The third kappa shape index (κ3) is 2.81. The van der Waals surface area contributed by atoms with E-state index >= 15 is 0 Å². The molecule has 5 heteroatoms. The highest BCUT2D eigenvalue weighted by Gasteiger charge is 2.11. The normalized spacial score (nSPS) is 9.62. The number of carbonyl (C=O) groups is 1. The van der Waals surface area contributed by atoms with Gasteiger partial charge in [-0.3, -0.25) is 4.79 Å². The molecule has 0 aromatic heterocycles. The maximum Gasteiger partial charge on any atom is 0.309 e. The first-order chi connectivity index (χ1) is 7.62. The van der Waals surface area contributed by atoms with E-state index in [9.17, 15) is 4.79 Å². The van der Waals surface area contributed by atoms with Gasteiger partial charge in [-0.2, -0.15) is 5.26 Å². The Kier molecular flexibility index (Phi) is 4.47. The van der Waals surface area contributed by atoms with Crippen LogP contribution in [0.25, 0.3) is 0 Å². The molecule has 0 fully saturated rings. The van der Waals surface area contributed by atoms with Crippen molar-refractivity contribution in [3.8, 4) is 6.07 Å². The standard InChI is InChI=1S/C11H11BrN2O2/c1-16-11(15)4-7-3-10(12)9(6-14)2-8(7)5-13/h2-3H,4-5,13H2,1H3. The summed E-state index contributed by atoms with van der Waals surface area (Å²) in [5.74, 6) is -0.327. The van der Waals surface area contributed by atoms with Gasteiger partial charge in [0.2, 0.25) is 0 Å². The van der Waals surface area contributed by atoms with E-state index in [4.69, 9.17) is 11.0 Å². The maximum absolute atomic E-state index is 11.2. The lowest BCUT2D eigenvalue weighted by Gasteiger charge is -2.08. The maximum atomic E-state index is 11.2. The third-order valence-corrected chi connectivity index (χ3v) is 2.85. The molecule has 0 aliphatic rings. The summed E-state index contributed by atoms with van der Waals surface area (Å²) >= 11 is 3.27. The molecular formula is C11H11BrN2O2. The fourth-order valence-electron chi connectivity index (χ4n) is 1.33. The second-order valence-electron chi connectivity index (χ2n) is 3.17. The average molecular weight is 283 g/mol. The minimum absolute atomic E-state index is 0.160. The van der Waals surface area contributed by atoms with Gasteiger partial charge in [0.1, 0.15) is 6.07 Å². The van der Waals surface area contributed by atoms with Crippen molar-refractivity contribution in [1.82, 2.24) is 0 Å². The quantitative estimate of drug-likeness (QED) is 0.853. The van der Waals surface area contributed by atoms with Gasteiger partial charge in [-0.05, 0) is 39.2 Å². The third-order valence-electron chi connectivity index (χ3n) is 2.19. The minimum atomic E-state index is -0.327. The van der Waals surface area contributed by atoms with Crippen LogP contribution in [0.5, 0.6) is 0 Å². The zero-order valence-electron chi connectivity index (χ0n) is 8.79. The molecule has 16 heavy (non-hydrogen) atoms. The number of carbonyl (C=O) groups excluding carboxylic acids is 1. The molecule has 0 saturated heterocycles. The van der Waals surface area contributed by atoms with Crippen molar-refractivity contribution < 1.29 is 9.53 Å². The van der Waals surface area contributed by atoms with Crippen LogP contribution in [0.15, 0.2) is 16.6 Å². The number of nitrogens with zero attached hydrogens (tertiary/aromatic N) is 1. The summed E-state index contributed by atoms with van der Waals surface area (Å²) < 4.78 is 5.25. The van der Waals surface area contributed by atoms with Crippen LogP contribution in [0.4, 0.5) is 0 Å². The highest BCUT2D eigenvalue weighted by atomic mass is 79.9. The van der Waals surface area contributed by atoms with E-state index in [1.165, 1.54) is 7.11 Å². The second-order valence-corrected chi connectivity index (χ2v) is 4.02. The highest BCUT2D eigenvalue weighted by Crippen LogP contribution is 2.22. The number of methoxy groups -OCH3 is 1. The molecule has 0 aliphatic heterocycles. The average Bonchev–Trinajstić information content (AvgIpc) is 2.29. The van der Waals surface area contributed by atoms with Gasteiger partial charge in [-0.15, -0.1) is 0 Å². The van der Waals surface area contributed by atoms with Gasteiger partial charge in [-0.1, -0.05) is 0 Å². The zero-order chi connectivity index (χ0) is 12.1. The molecule has 0 heterocycles. The van der Waals surface area contributed by atoms with Crippen molar-refractivity contribution in [2.24, 2.45) is 5.73 Å². The highest BCUT2D eigenvalue weighted by molar-refractivity contribution is 9.10. The van der Waals surface area contributed by atoms with Crippen LogP contribution < -0.4 is 5.73 Å². The first-order valence-corrected chi connectivity index (χ1v) is 5.40. The van der Waals surface area contributed by atoms with Crippen LogP contribution in [0.2, 0.25) is 0 Å². The van der Waals surface area contributed by atoms with Crippen LogP contribution in [0, 0.1) is 11.3 Å². The van der Waals surface area contributed by atoms with Gasteiger partial charge in [0.15, 0.2) is 0 Å². The van der Waals surface area contributed by atoms with Gasteiger partial charge in [0.25, 0.3) is 0 Å². The van der Waals surface area contributed by atoms with Gasteiger partial charge in [0, 0.05) is 11.0 Å². The lowest BCUT2D eigenvalue weighted by molar-refractivity contribution is -0.139. The van der Waals surface area contributed by atoms with E-state index in [1.54, 1.807) is 12.1 Å². The van der Waals surface area contributed by atoms with E-state index < -0.39 is 0 Å². The number of ether oxygens (including phenoxy) is 1. The van der Waals surface area contributed by atoms with Gasteiger partial charge in [-0.25, -0.2) is 0 Å². The Morgan fingerprint density at radius 3 is 2.75 bits per heavy atom. The Bertz CT molecular complexity index is 452. The molecule has 1 aromatic carbocycles. The van der Waals surface area contributed by atoms with Crippen molar-refractivity contribution in [3.63, 3.8) is 0 Å². The number of halogens is 1. The van der Waals surface area contributed by atoms with E-state index in [2.05, 4.69) is 20.7 Å². The molecule has 0 radical (unpaired) electrons. The second kappa shape index (κ2) is 5.64. The molecule has 0 bridgehead atoms. The number of nitrogens with two attached hydrogens (primary N) is 1. The molecule has 0 atom stereocenters. The smallest absolute Gasteiger partial charge is 0.309 e. The van der Waals surface area contributed by atoms with Crippen molar-refractivity contribution >= 4 is 21.9 Å². The summed E-state index contributed by atoms with van der Waals surface area (Å²) in [6.07, 6.45) is 0.160. The number of nitriles is 1. The van der Waals surface area contributed by atoms with E-state index in [0.717, 1.165) is 11.1 Å². The largest absolute Gasteiger partial charge is 0.469 e. The Morgan fingerprint density at radius 1 is 1.56 bits per heavy atom. The topological polar surface area (TPSA) is 76.1 Å². The van der Waals surface area contributed by atoms with E-state index in [-0.39, 0.29) is 18.9 Å². The van der Waals surface area contributed by atoms with Crippen LogP contribution >= 0.6 is 15.9 Å². The molecule has 4 nitrogen and oxygen atoms in total. The van der Waals surface area contributed by atoms with Gasteiger partial charge < -0.3 is 10.5 Å². The minimum Gasteiger partial charge on any atom is -0.469 e. The van der Waals surface area contributed by atoms with Crippen molar-refractivity contribution in [2.75, 3.05) is 7.11 Å². The number of hydrogen-bond donors (Lipinski definition) is 1. The Hall–Kier alpha value is -1.38. The van der Waals surface area contributed by atoms with Crippen LogP contribution in [0.1, 0.15) is 16.7 Å². The fourth-order valence-corrected chi connectivity index (χ4v) is 1.81. The monoisotopic (exact) mass is 282 g/mol. The molecule has 0 spiro atoms. The Labute approximate surface area is 102 Å². The SMILES string of the molecule is COC(=O)Cc1cc(Br)c(C#N)cc1CN. The molecule has 1 rings (SSSR count). The summed E-state index contributed by atoms with van der Waals surface area (Å²) in [4.78, 5) is 11.2. The number of rotatable bonds is 3. The molecule has 0 aliphatic carbocycles. The molecule has 0 saturated carbocycles. The Morgan fingerprint density at radius 2 is 2.25 bits per heavy atom. The predicted octanol–water partition coefficient (Wildman–Crippen LogP) is 1.49.